The highest BCUT2D eigenvalue weighted by molar-refractivity contribution is 7.90. The molecule has 2 aromatic carbocycles. The van der Waals surface area contributed by atoms with Gasteiger partial charge in [-0.1, -0.05) is 6.07 Å². The molecule has 4 rings (SSSR count). The predicted molar refractivity (Wildman–Crippen MR) is 123 cm³/mol. The minimum absolute atomic E-state index is 0. The summed E-state index contributed by atoms with van der Waals surface area (Å²) in [4.78, 5) is 3.83. The lowest BCUT2D eigenvalue weighted by molar-refractivity contribution is -0.137. The van der Waals surface area contributed by atoms with E-state index < -0.39 is 27.6 Å². The van der Waals surface area contributed by atoms with Gasteiger partial charge in [-0.15, -0.1) is 12.4 Å². The van der Waals surface area contributed by atoms with E-state index in [-0.39, 0.29) is 34.2 Å². The molecule has 0 aliphatic heterocycles. The molecule has 34 heavy (non-hydrogen) atoms. The quantitative estimate of drug-likeness (QED) is 0.341. The summed E-state index contributed by atoms with van der Waals surface area (Å²) >= 11 is 0. The van der Waals surface area contributed by atoms with E-state index in [1.807, 2.05) is 0 Å². The predicted octanol–water partition coefficient (Wildman–Crippen LogP) is 5.32. The number of aromatic nitrogens is 2. The number of hydrogen-bond acceptors (Lipinski definition) is 5. The molecule has 0 bridgehead atoms. The Kier molecular flexibility index (Phi) is 7.20. The van der Waals surface area contributed by atoms with E-state index >= 15 is 0 Å². The summed E-state index contributed by atoms with van der Waals surface area (Å²) in [6, 6.07) is 9.79. The summed E-state index contributed by atoms with van der Waals surface area (Å²) in [7, 11) is -2.31. The Balaban J connectivity index is 0.00000324. The molecule has 0 aliphatic carbocycles. The maximum Gasteiger partial charge on any atom is 0.418 e. The molecule has 0 spiro atoms. The van der Waals surface area contributed by atoms with Crippen LogP contribution in [0, 0.1) is 5.82 Å². The van der Waals surface area contributed by atoms with Crippen molar-refractivity contribution in [3.63, 3.8) is 0 Å². The Bertz CT molecular complexity index is 1420. The standard InChI is InChI=1S/C22H18F4N4O2S.ClH/c1-27-11-14-13-30(33(31,32)17-3-2-8-28-12-17)21-10-16(5-6-18(14)21)29-20-7-4-15(23)9-19(20)22(24,25)26;/h2-10,12-13,27,29H,11H2,1H3;1H. The maximum atomic E-state index is 13.4. The van der Waals surface area contributed by atoms with E-state index in [1.54, 1.807) is 13.1 Å². The molecular weight excluding hydrogens is 496 g/mol. The molecule has 2 heterocycles. The van der Waals surface area contributed by atoms with Crippen LogP contribution in [-0.2, 0) is 22.7 Å². The molecule has 0 saturated carbocycles. The molecule has 0 saturated heterocycles. The average molecular weight is 515 g/mol. The Hall–Kier alpha value is -3.15. The van der Waals surface area contributed by atoms with Gasteiger partial charge in [0.1, 0.15) is 10.7 Å². The van der Waals surface area contributed by atoms with Crippen molar-refractivity contribution in [3.05, 3.63) is 84.1 Å². The molecule has 180 valence electrons. The second-order valence-electron chi connectivity index (χ2n) is 7.22. The van der Waals surface area contributed by atoms with E-state index in [4.69, 9.17) is 0 Å². The smallest absolute Gasteiger partial charge is 0.355 e. The van der Waals surface area contributed by atoms with Crippen molar-refractivity contribution in [2.24, 2.45) is 0 Å². The lowest BCUT2D eigenvalue weighted by Crippen LogP contribution is -2.12. The van der Waals surface area contributed by atoms with Crippen molar-refractivity contribution in [2.45, 2.75) is 17.6 Å². The first-order chi connectivity index (χ1) is 15.6. The van der Waals surface area contributed by atoms with E-state index in [1.165, 1.54) is 42.9 Å². The number of nitrogens with one attached hydrogen (secondary N) is 2. The van der Waals surface area contributed by atoms with Crippen molar-refractivity contribution < 1.29 is 26.0 Å². The van der Waals surface area contributed by atoms with Gasteiger partial charge in [0.15, 0.2) is 0 Å². The van der Waals surface area contributed by atoms with E-state index in [0.29, 0.717) is 23.6 Å². The maximum absolute atomic E-state index is 13.4. The second kappa shape index (κ2) is 9.61. The minimum Gasteiger partial charge on any atom is -0.355 e. The zero-order chi connectivity index (χ0) is 23.8. The molecular formula is C22H19ClF4N4O2S. The van der Waals surface area contributed by atoms with Gasteiger partial charge in [0, 0.05) is 36.2 Å². The van der Waals surface area contributed by atoms with Crippen molar-refractivity contribution in [2.75, 3.05) is 12.4 Å². The number of fused-ring (bicyclic) bond motifs is 1. The van der Waals surface area contributed by atoms with Crippen LogP contribution in [0.4, 0.5) is 28.9 Å². The van der Waals surface area contributed by atoms with Gasteiger partial charge in [-0.2, -0.15) is 13.2 Å². The number of anilines is 2. The van der Waals surface area contributed by atoms with Crippen molar-refractivity contribution in [3.8, 4) is 0 Å². The van der Waals surface area contributed by atoms with Crippen LogP contribution in [0.3, 0.4) is 0 Å². The zero-order valence-corrected chi connectivity index (χ0v) is 19.2. The number of halogens is 5. The lowest BCUT2D eigenvalue weighted by Gasteiger charge is -2.15. The summed E-state index contributed by atoms with van der Waals surface area (Å²) in [6.07, 6.45) is -0.651. The third-order valence-corrected chi connectivity index (χ3v) is 6.64. The Morgan fingerprint density at radius 1 is 1.09 bits per heavy atom. The fourth-order valence-electron chi connectivity index (χ4n) is 3.50. The second-order valence-corrected chi connectivity index (χ2v) is 9.03. The van der Waals surface area contributed by atoms with E-state index in [9.17, 15) is 26.0 Å². The Morgan fingerprint density at radius 3 is 2.50 bits per heavy atom. The van der Waals surface area contributed by atoms with Gasteiger partial charge in [-0.3, -0.25) is 4.98 Å². The first-order valence-electron chi connectivity index (χ1n) is 9.69. The SMILES string of the molecule is CNCc1cn(S(=O)(=O)c2cccnc2)c2cc(Nc3ccc(F)cc3C(F)(F)F)ccc12.Cl. The molecule has 0 radical (unpaired) electrons. The number of alkyl halides is 3. The first-order valence-corrected chi connectivity index (χ1v) is 11.1. The highest BCUT2D eigenvalue weighted by atomic mass is 35.5. The summed E-state index contributed by atoms with van der Waals surface area (Å²) in [5, 5.41) is 6.21. The molecule has 0 atom stereocenters. The molecule has 12 heteroatoms. The molecule has 0 amide bonds. The van der Waals surface area contributed by atoms with Crippen LogP contribution in [0.25, 0.3) is 10.9 Å². The van der Waals surface area contributed by atoms with Crippen molar-refractivity contribution in [1.82, 2.24) is 14.3 Å². The van der Waals surface area contributed by atoms with Crippen LogP contribution in [0.2, 0.25) is 0 Å². The Morgan fingerprint density at radius 2 is 1.85 bits per heavy atom. The topological polar surface area (TPSA) is 76.0 Å². The van der Waals surface area contributed by atoms with Crippen LogP contribution in [0.5, 0.6) is 0 Å². The van der Waals surface area contributed by atoms with Crippen LogP contribution in [0.1, 0.15) is 11.1 Å². The molecule has 0 fully saturated rings. The normalized spacial score (nSPS) is 11.9. The average Bonchev–Trinajstić information content (AvgIpc) is 3.14. The Labute approximate surface area is 199 Å². The van der Waals surface area contributed by atoms with Gasteiger partial charge >= 0.3 is 6.18 Å². The molecule has 2 aromatic heterocycles. The molecule has 0 unspecified atom stereocenters. The zero-order valence-electron chi connectivity index (χ0n) is 17.6. The molecule has 0 aliphatic rings. The van der Waals surface area contributed by atoms with Crippen LogP contribution in [-0.4, -0.2) is 24.4 Å². The number of benzene rings is 2. The third-order valence-electron chi connectivity index (χ3n) is 4.98. The van der Waals surface area contributed by atoms with Gasteiger partial charge in [-0.25, -0.2) is 16.8 Å². The largest absolute Gasteiger partial charge is 0.418 e. The monoisotopic (exact) mass is 514 g/mol. The fourth-order valence-corrected chi connectivity index (χ4v) is 4.85. The van der Waals surface area contributed by atoms with Gasteiger partial charge in [0.25, 0.3) is 10.0 Å². The van der Waals surface area contributed by atoms with Gasteiger partial charge in [-0.05, 0) is 55.1 Å². The lowest BCUT2D eigenvalue weighted by atomic mass is 10.1. The molecule has 6 nitrogen and oxygen atoms in total. The highest BCUT2D eigenvalue weighted by Crippen LogP contribution is 2.37. The summed E-state index contributed by atoms with van der Waals surface area (Å²) in [5.41, 5.74) is -0.367. The molecule has 2 N–H and O–H groups in total. The highest BCUT2D eigenvalue weighted by Gasteiger charge is 2.34. The van der Waals surface area contributed by atoms with Crippen molar-refractivity contribution in [1.29, 1.82) is 0 Å². The summed E-state index contributed by atoms with van der Waals surface area (Å²) in [6.45, 7) is 0.370. The van der Waals surface area contributed by atoms with E-state index in [0.717, 1.165) is 16.1 Å². The summed E-state index contributed by atoms with van der Waals surface area (Å²) in [5.74, 6) is -1.02. The number of rotatable bonds is 6. The minimum atomic E-state index is -4.78. The van der Waals surface area contributed by atoms with E-state index in [2.05, 4.69) is 15.6 Å². The van der Waals surface area contributed by atoms with Crippen LogP contribution < -0.4 is 10.6 Å². The third kappa shape index (κ3) is 4.86. The molecule has 4 aromatic rings. The number of nitrogens with zero attached hydrogens (tertiary/aromatic N) is 2. The van der Waals surface area contributed by atoms with Gasteiger partial charge in [0.2, 0.25) is 0 Å². The number of pyridine rings is 1. The van der Waals surface area contributed by atoms with Crippen LogP contribution >= 0.6 is 12.4 Å². The summed E-state index contributed by atoms with van der Waals surface area (Å²) < 4.78 is 81.1. The first kappa shape index (κ1) is 25.5. The number of hydrogen-bond donors (Lipinski definition) is 2. The van der Waals surface area contributed by atoms with Crippen molar-refractivity contribution >= 4 is 44.7 Å². The van der Waals surface area contributed by atoms with Gasteiger partial charge in [0.05, 0.1) is 16.8 Å². The van der Waals surface area contributed by atoms with Gasteiger partial charge < -0.3 is 10.6 Å². The fraction of sp³-hybridized carbons (Fsp3) is 0.136. The van der Waals surface area contributed by atoms with Crippen LogP contribution in [0.15, 0.2) is 72.0 Å².